The van der Waals surface area contributed by atoms with Crippen LogP contribution in [0.5, 0.6) is 5.75 Å². The third-order valence-corrected chi connectivity index (χ3v) is 10.2. The first kappa shape index (κ1) is 34.4. The van der Waals surface area contributed by atoms with Crippen molar-refractivity contribution >= 4 is 45.0 Å². The molecule has 12 heteroatoms. The van der Waals surface area contributed by atoms with E-state index < -0.39 is 22.0 Å². The standard InChI is InChI=1S/C35H35Cl2N3O6S/c36-29-12-11-28(32(37)22-29)23-38-35(42)33(21-26-7-3-1-4-8-26)40(24-27-9-5-2-6-10-27)34(41)25-46-30-13-15-31(16-14-30)47(43,44)39-17-19-45-20-18-39/h1-16,22,33H,17-21,23-25H2,(H,38,42)/t33-/m0/s1. The molecule has 0 aromatic heterocycles. The zero-order valence-electron chi connectivity index (χ0n) is 25.6. The second kappa shape index (κ2) is 16.3. The average Bonchev–Trinajstić information content (AvgIpc) is 3.09. The quantitative estimate of drug-likeness (QED) is 0.202. The molecule has 1 aliphatic rings. The second-order valence-electron chi connectivity index (χ2n) is 10.9. The van der Waals surface area contributed by atoms with Gasteiger partial charge in [0.25, 0.3) is 5.91 Å². The lowest BCUT2D eigenvalue weighted by molar-refractivity contribution is -0.142. The van der Waals surface area contributed by atoms with Crippen molar-refractivity contribution in [3.05, 3.63) is 130 Å². The molecule has 9 nitrogen and oxygen atoms in total. The highest BCUT2D eigenvalue weighted by Crippen LogP contribution is 2.23. The predicted octanol–water partition coefficient (Wildman–Crippen LogP) is 5.35. The Morgan fingerprint density at radius 1 is 0.872 bits per heavy atom. The summed E-state index contributed by atoms with van der Waals surface area (Å²) in [7, 11) is -3.68. The van der Waals surface area contributed by atoms with Crippen molar-refractivity contribution in [2.75, 3.05) is 32.9 Å². The van der Waals surface area contributed by atoms with Crippen LogP contribution < -0.4 is 10.1 Å². The van der Waals surface area contributed by atoms with Crippen LogP contribution in [0.2, 0.25) is 10.0 Å². The van der Waals surface area contributed by atoms with Gasteiger partial charge in [-0.2, -0.15) is 4.31 Å². The minimum Gasteiger partial charge on any atom is -0.484 e. The van der Waals surface area contributed by atoms with E-state index in [2.05, 4.69) is 5.32 Å². The number of benzene rings is 4. The normalized spacial score (nSPS) is 14.3. The number of amides is 2. The highest BCUT2D eigenvalue weighted by molar-refractivity contribution is 7.89. The van der Waals surface area contributed by atoms with Gasteiger partial charge in [0.1, 0.15) is 11.8 Å². The smallest absolute Gasteiger partial charge is 0.261 e. The number of halogens is 2. The monoisotopic (exact) mass is 695 g/mol. The molecule has 5 rings (SSSR count). The maximum atomic E-state index is 13.9. The largest absolute Gasteiger partial charge is 0.484 e. The Morgan fingerprint density at radius 2 is 1.51 bits per heavy atom. The molecule has 47 heavy (non-hydrogen) atoms. The molecule has 0 bridgehead atoms. The van der Waals surface area contributed by atoms with Crippen LogP contribution in [0.1, 0.15) is 16.7 Å². The van der Waals surface area contributed by atoms with Crippen LogP contribution in [0.15, 0.2) is 108 Å². The van der Waals surface area contributed by atoms with E-state index in [0.717, 1.165) is 11.1 Å². The summed E-state index contributed by atoms with van der Waals surface area (Å²) in [5.74, 6) is -0.457. The van der Waals surface area contributed by atoms with Gasteiger partial charge in [0.2, 0.25) is 15.9 Å². The summed E-state index contributed by atoms with van der Waals surface area (Å²) >= 11 is 12.4. The number of ether oxygens (including phenoxy) is 2. The Balaban J connectivity index is 1.35. The molecule has 0 radical (unpaired) electrons. The Labute approximate surface area is 285 Å². The highest BCUT2D eigenvalue weighted by Gasteiger charge is 2.31. The number of rotatable bonds is 13. The summed E-state index contributed by atoms with van der Waals surface area (Å²) in [5, 5.41) is 3.86. The van der Waals surface area contributed by atoms with Crippen molar-refractivity contribution in [3.63, 3.8) is 0 Å². The molecule has 4 aromatic carbocycles. The highest BCUT2D eigenvalue weighted by atomic mass is 35.5. The minimum absolute atomic E-state index is 0.129. The number of hydrogen-bond donors (Lipinski definition) is 1. The fourth-order valence-corrected chi connectivity index (χ4v) is 7.05. The lowest BCUT2D eigenvalue weighted by Crippen LogP contribution is -2.51. The Morgan fingerprint density at radius 3 is 2.15 bits per heavy atom. The second-order valence-corrected chi connectivity index (χ2v) is 13.7. The van der Waals surface area contributed by atoms with Crippen molar-refractivity contribution in [2.45, 2.75) is 30.4 Å². The third-order valence-electron chi connectivity index (χ3n) is 7.73. The zero-order chi connectivity index (χ0) is 33.2. The van der Waals surface area contributed by atoms with Crippen molar-refractivity contribution < 1.29 is 27.5 Å². The first-order valence-electron chi connectivity index (χ1n) is 15.1. The van der Waals surface area contributed by atoms with Crippen molar-refractivity contribution in [2.24, 2.45) is 0 Å². The number of nitrogens with zero attached hydrogens (tertiary/aromatic N) is 2. The van der Waals surface area contributed by atoms with Crippen LogP contribution in [0, 0.1) is 0 Å². The Kier molecular flexibility index (Phi) is 11.9. The molecule has 1 heterocycles. The fraction of sp³-hybridized carbons (Fsp3) is 0.257. The molecule has 0 unspecified atom stereocenters. The summed E-state index contributed by atoms with van der Waals surface area (Å²) < 4.78 is 38.5. The van der Waals surface area contributed by atoms with Crippen LogP contribution in [0.25, 0.3) is 0 Å². The maximum absolute atomic E-state index is 13.9. The fourth-order valence-electron chi connectivity index (χ4n) is 5.17. The van der Waals surface area contributed by atoms with Gasteiger partial charge in [-0.1, -0.05) is 89.9 Å². The van der Waals surface area contributed by atoms with Gasteiger partial charge in [-0.15, -0.1) is 0 Å². The summed E-state index contributed by atoms with van der Waals surface area (Å²) in [6.07, 6.45) is 0.258. The molecule has 0 spiro atoms. The molecule has 1 N–H and O–H groups in total. The van der Waals surface area contributed by atoms with Crippen LogP contribution in [-0.2, 0) is 43.9 Å². The molecule has 0 aliphatic carbocycles. The number of morpholine rings is 1. The first-order valence-corrected chi connectivity index (χ1v) is 17.3. The van der Waals surface area contributed by atoms with Crippen molar-refractivity contribution in [1.29, 1.82) is 0 Å². The molecule has 4 aromatic rings. The van der Waals surface area contributed by atoms with Crippen LogP contribution in [-0.4, -0.2) is 68.4 Å². The Bertz CT molecular complexity index is 1750. The molecular formula is C35H35Cl2N3O6S. The van der Waals surface area contributed by atoms with Crippen molar-refractivity contribution in [3.8, 4) is 5.75 Å². The lowest BCUT2D eigenvalue weighted by Gasteiger charge is -2.31. The van der Waals surface area contributed by atoms with Gasteiger partial charge in [0, 0.05) is 42.6 Å². The summed E-state index contributed by atoms with van der Waals surface area (Å²) in [6.45, 7) is 1.20. The van der Waals surface area contributed by atoms with Gasteiger partial charge in [-0.05, 0) is 53.1 Å². The van der Waals surface area contributed by atoms with E-state index in [1.54, 1.807) is 18.2 Å². The minimum atomic E-state index is -3.68. The van der Waals surface area contributed by atoms with E-state index in [-0.39, 0.29) is 50.0 Å². The van der Waals surface area contributed by atoms with Gasteiger partial charge in [0.05, 0.1) is 18.1 Å². The SMILES string of the molecule is O=C(NCc1ccc(Cl)cc1Cl)[C@H](Cc1ccccc1)N(Cc1ccccc1)C(=O)COc1ccc(S(=O)(=O)N2CCOCC2)cc1. The molecule has 1 aliphatic heterocycles. The van der Waals surface area contributed by atoms with E-state index >= 15 is 0 Å². The number of sulfonamides is 1. The van der Waals surface area contributed by atoms with Gasteiger partial charge >= 0.3 is 0 Å². The molecule has 2 amide bonds. The average molecular weight is 697 g/mol. The number of carbonyl (C=O) groups excluding carboxylic acids is 2. The van der Waals surface area contributed by atoms with Crippen LogP contribution in [0.4, 0.5) is 0 Å². The van der Waals surface area contributed by atoms with Gasteiger partial charge in [0.15, 0.2) is 6.61 Å². The number of hydrogen-bond acceptors (Lipinski definition) is 6. The van der Waals surface area contributed by atoms with E-state index in [1.807, 2.05) is 60.7 Å². The molecule has 1 fully saturated rings. The first-order chi connectivity index (χ1) is 22.7. The van der Waals surface area contributed by atoms with Gasteiger partial charge in [-0.25, -0.2) is 8.42 Å². The number of nitrogens with one attached hydrogen (secondary N) is 1. The van der Waals surface area contributed by atoms with E-state index in [0.29, 0.717) is 34.6 Å². The van der Waals surface area contributed by atoms with Crippen LogP contribution >= 0.6 is 23.2 Å². The predicted molar refractivity (Wildman–Crippen MR) is 181 cm³/mol. The molecule has 1 atom stereocenters. The lowest BCUT2D eigenvalue weighted by atomic mass is 10.0. The van der Waals surface area contributed by atoms with E-state index in [9.17, 15) is 18.0 Å². The Hall–Kier alpha value is -3.93. The molecule has 1 saturated heterocycles. The van der Waals surface area contributed by atoms with Gasteiger partial charge in [-0.3, -0.25) is 9.59 Å². The summed E-state index contributed by atoms with van der Waals surface area (Å²) in [5.41, 5.74) is 2.40. The molecule has 246 valence electrons. The number of carbonyl (C=O) groups is 2. The van der Waals surface area contributed by atoms with Crippen molar-refractivity contribution in [1.82, 2.24) is 14.5 Å². The topological polar surface area (TPSA) is 105 Å². The summed E-state index contributed by atoms with van der Waals surface area (Å²) in [6, 6.07) is 29.0. The van der Waals surface area contributed by atoms with E-state index in [4.69, 9.17) is 32.7 Å². The van der Waals surface area contributed by atoms with E-state index in [1.165, 1.54) is 33.5 Å². The molecular weight excluding hydrogens is 661 g/mol. The van der Waals surface area contributed by atoms with Crippen LogP contribution in [0.3, 0.4) is 0 Å². The maximum Gasteiger partial charge on any atom is 0.261 e. The zero-order valence-corrected chi connectivity index (χ0v) is 27.9. The third kappa shape index (κ3) is 9.33. The molecule has 0 saturated carbocycles. The summed E-state index contributed by atoms with van der Waals surface area (Å²) in [4.78, 5) is 29.5. The van der Waals surface area contributed by atoms with Gasteiger partial charge < -0.3 is 19.7 Å².